The third-order valence-electron chi connectivity index (χ3n) is 3.06. The normalized spacial score (nSPS) is 11.6. The predicted molar refractivity (Wildman–Crippen MR) is 93.9 cm³/mol. The Kier molecular flexibility index (Phi) is 6.16. The maximum atomic E-state index is 12.1. The van der Waals surface area contributed by atoms with Crippen molar-refractivity contribution in [2.75, 3.05) is 30.2 Å². The minimum Gasteiger partial charge on any atom is -0.393 e. The van der Waals surface area contributed by atoms with Crippen LogP contribution < -0.4 is 21.9 Å². The molecule has 128 valence electrons. The van der Waals surface area contributed by atoms with E-state index in [0.29, 0.717) is 23.0 Å². The number of halogens is 1. The molecule has 0 aliphatic rings. The number of carbonyl (C=O) groups is 1. The lowest BCUT2D eigenvalue weighted by molar-refractivity contribution is 0.0962. The number of hydrogen-bond acceptors (Lipinski definition) is 7. The van der Waals surface area contributed by atoms with Gasteiger partial charge in [0.25, 0.3) is 5.91 Å². The maximum absolute atomic E-state index is 12.1. The number of anilines is 3. The summed E-state index contributed by atoms with van der Waals surface area (Å²) in [5.41, 5.74) is 11.9. The highest BCUT2D eigenvalue weighted by molar-refractivity contribution is 6.30. The lowest BCUT2D eigenvalue weighted by Crippen LogP contribution is -2.30. The Balaban J connectivity index is 2.03. The van der Waals surface area contributed by atoms with Gasteiger partial charge in [-0.05, 0) is 25.1 Å². The second kappa shape index (κ2) is 8.32. The van der Waals surface area contributed by atoms with Crippen LogP contribution in [-0.2, 0) is 4.74 Å². The zero-order valence-electron chi connectivity index (χ0n) is 13.3. The van der Waals surface area contributed by atoms with Gasteiger partial charge >= 0.3 is 0 Å². The van der Waals surface area contributed by atoms with Crippen molar-refractivity contribution in [3.8, 4) is 0 Å². The number of benzene rings is 1. The quantitative estimate of drug-likeness (QED) is 0.564. The highest BCUT2D eigenvalue weighted by Gasteiger charge is 2.12. The van der Waals surface area contributed by atoms with E-state index >= 15 is 0 Å². The van der Waals surface area contributed by atoms with E-state index in [9.17, 15) is 4.79 Å². The first kappa shape index (κ1) is 17.8. The van der Waals surface area contributed by atoms with Crippen LogP contribution in [0.1, 0.15) is 17.3 Å². The summed E-state index contributed by atoms with van der Waals surface area (Å²) in [6.07, 6.45) is 1.34. The van der Waals surface area contributed by atoms with Crippen molar-refractivity contribution in [2.24, 2.45) is 0 Å². The zero-order valence-corrected chi connectivity index (χ0v) is 14.1. The Morgan fingerprint density at radius 2 is 2.12 bits per heavy atom. The van der Waals surface area contributed by atoms with Crippen molar-refractivity contribution in [2.45, 2.75) is 13.0 Å². The number of rotatable bonds is 7. The van der Waals surface area contributed by atoms with Crippen LogP contribution in [0.15, 0.2) is 30.6 Å². The van der Waals surface area contributed by atoms with Gasteiger partial charge in [0.05, 0.1) is 6.61 Å². The summed E-state index contributed by atoms with van der Waals surface area (Å²) in [7, 11) is 1.61. The Labute approximate surface area is 144 Å². The molecule has 0 aliphatic carbocycles. The molecule has 5 N–H and O–H groups in total. The number of hydrogen-bond donors (Lipinski definition) is 4. The summed E-state index contributed by atoms with van der Waals surface area (Å²) in [4.78, 5) is 20.2. The van der Waals surface area contributed by atoms with Gasteiger partial charge in [-0.1, -0.05) is 17.7 Å². The van der Waals surface area contributed by atoms with Crippen molar-refractivity contribution in [3.05, 3.63) is 41.2 Å². The fraction of sp³-hybridized carbons (Fsp3) is 0.267. The average molecular weight is 351 g/mol. The molecule has 1 unspecified atom stereocenters. The third kappa shape index (κ3) is 4.71. The van der Waals surface area contributed by atoms with E-state index in [2.05, 4.69) is 26.1 Å². The molecular weight excluding hydrogens is 332 g/mol. The van der Waals surface area contributed by atoms with E-state index < -0.39 is 0 Å². The van der Waals surface area contributed by atoms with Crippen LogP contribution in [0.3, 0.4) is 0 Å². The molecule has 0 saturated carbocycles. The van der Waals surface area contributed by atoms with Gasteiger partial charge < -0.3 is 15.8 Å². The van der Waals surface area contributed by atoms with Crippen molar-refractivity contribution in [3.63, 3.8) is 0 Å². The number of carbonyl (C=O) groups excluding carboxylic acids is 1. The molecule has 8 nitrogen and oxygen atoms in total. The van der Waals surface area contributed by atoms with E-state index in [1.165, 1.54) is 6.33 Å². The van der Waals surface area contributed by atoms with Crippen molar-refractivity contribution in [1.29, 1.82) is 0 Å². The second-order valence-electron chi connectivity index (χ2n) is 5.07. The summed E-state index contributed by atoms with van der Waals surface area (Å²) >= 11 is 5.87. The minimum atomic E-state index is -0.363. The average Bonchev–Trinajstić information content (AvgIpc) is 2.55. The van der Waals surface area contributed by atoms with E-state index in [4.69, 9.17) is 22.1 Å². The van der Waals surface area contributed by atoms with Gasteiger partial charge in [0.1, 0.15) is 12.0 Å². The lowest BCUT2D eigenvalue weighted by atomic mass is 10.2. The summed E-state index contributed by atoms with van der Waals surface area (Å²) in [5.74, 6) is 0.374. The molecule has 9 heteroatoms. The van der Waals surface area contributed by atoms with Crippen LogP contribution in [-0.4, -0.2) is 35.6 Å². The number of hydrazine groups is 1. The van der Waals surface area contributed by atoms with E-state index in [1.807, 2.05) is 6.92 Å². The fourth-order valence-corrected chi connectivity index (χ4v) is 2.14. The smallest absolute Gasteiger partial charge is 0.269 e. The first-order chi connectivity index (χ1) is 11.5. The fourth-order valence-electron chi connectivity index (χ4n) is 1.95. The third-order valence-corrected chi connectivity index (χ3v) is 3.30. The number of nitrogen functional groups attached to an aromatic ring is 1. The van der Waals surface area contributed by atoms with Crippen LogP contribution >= 0.6 is 11.6 Å². The predicted octanol–water partition coefficient (Wildman–Crippen LogP) is 1.92. The lowest BCUT2D eigenvalue weighted by Gasteiger charge is -2.16. The van der Waals surface area contributed by atoms with Gasteiger partial charge in [0, 0.05) is 23.7 Å². The van der Waals surface area contributed by atoms with Crippen LogP contribution in [0.5, 0.6) is 0 Å². The first-order valence-electron chi connectivity index (χ1n) is 7.19. The second-order valence-corrected chi connectivity index (χ2v) is 5.51. The summed E-state index contributed by atoms with van der Waals surface area (Å²) in [5, 5.41) is 3.58. The molecule has 0 bridgehead atoms. The van der Waals surface area contributed by atoms with E-state index in [-0.39, 0.29) is 23.5 Å². The molecular formula is C15H19ClN6O2. The Morgan fingerprint density at radius 1 is 1.38 bits per heavy atom. The molecule has 24 heavy (non-hydrogen) atoms. The standard InChI is InChI=1S/C15H19ClN6O2/c1-9(7-24-2)20-13-12(17)14(19-8-18-13)21-22-15(23)10-4-3-5-11(16)6-10/h3-6,8-9H,7,17H2,1-2H3,(H,22,23)(H2,18,19,20,21). The van der Waals surface area contributed by atoms with Gasteiger partial charge in [-0.2, -0.15) is 0 Å². The van der Waals surface area contributed by atoms with Crippen molar-refractivity contribution < 1.29 is 9.53 Å². The van der Waals surface area contributed by atoms with Crippen LogP contribution in [0.2, 0.25) is 5.02 Å². The number of nitrogens with zero attached hydrogens (tertiary/aromatic N) is 2. The number of aromatic nitrogens is 2. The molecule has 2 rings (SSSR count). The molecule has 1 atom stereocenters. The number of nitrogens with one attached hydrogen (secondary N) is 3. The molecule has 1 aromatic carbocycles. The number of amides is 1. The minimum absolute atomic E-state index is 0.0149. The molecule has 0 saturated heterocycles. The maximum Gasteiger partial charge on any atom is 0.269 e. The number of methoxy groups -OCH3 is 1. The monoisotopic (exact) mass is 350 g/mol. The molecule has 0 aliphatic heterocycles. The summed E-state index contributed by atoms with van der Waals surface area (Å²) < 4.78 is 5.05. The largest absolute Gasteiger partial charge is 0.393 e. The first-order valence-corrected chi connectivity index (χ1v) is 7.57. The number of nitrogens with two attached hydrogens (primary N) is 1. The highest BCUT2D eigenvalue weighted by atomic mass is 35.5. The highest BCUT2D eigenvalue weighted by Crippen LogP contribution is 2.22. The molecule has 1 aromatic heterocycles. The summed E-state index contributed by atoms with van der Waals surface area (Å²) in [6, 6.07) is 6.59. The topological polar surface area (TPSA) is 114 Å². The molecule has 1 amide bonds. The van der Waals surface area contributed by atoms with Gasteiger partial charge in [-0.3, -0.25) is 15.6 Å². The van der Waals surface area contributed by atoms with Crippen LogP contribution in [0.25, 0.3) is 0 Å². The van der Waals surface area contributed by atoms with E-state index in [0.717, 1.165) is 0 Å². The van der Waals surface area contributed by atoms with Crippen LogP contribution in [0.4, 0.5) is 17.3 Å². The SMILES string of the molecule is COCC(C)Nc1ncnc(NNC(=O)c2cccc(Cl)c2)c1N. The number of ether oxygens (including phenoxy) is 1. The van der Waals surface area contributed by atoms with Gasteiger partial charge in [-0.25, -0.2) is 9.97 Å². The molecule has 2 aromatic rings. The summed E-state index contributed by atoms with van der Waals surface area (Å²) in [6.45, 7) is 2.43. The van der Waals surface area contributed by atoms with Crippen LogP contribution in [0, 0.1) is 0 Å². The Hall–Kier alpha value is -2.58. The Morgan fingerprint density at radius 3 is 2.83 bits per heavy atom. The van der Waals surface area contributed by atoms with Gasteiger partial charge in [0.2, 0.25) is 0 Å². The molecule has 1 heterocycles. The molecule has 0 fully saturated rings. The van der Waals surface area contributed by atoms with Gasteiger partial charge in [-0.15, -0.1) is 0 Å². The van der Waals surface area contributed by atoms with Gasteiger partial charge in [0.15, 0.2) is 11.6 Å². The van der Waals surface area contributed by atoms with Crippen molar-refractivity contribution >= 4 is 34.8 Å². The van der Waals surface area contributed by atoms with E-state index in [1.54, 1.807) is 31.4 Å². The Bertz CT molecular complexity index is 712. The molecule has 0 spiro atoms. The molecule has 0 radical (unpaired) electrons. The van der Waals surface area contributed by atoms with Crippen molar-refractivity contribution in [1.82, 2.24) is 15.4 Å². The zero-order chi connectivity index (χ0) is 17.5.